The predicted molar refractivity (Wildman–Crippen MR) is 73.5 cm³/mol. The Morgan fingerprint density at radius 2 is 2.27 bits per heavy atom. The first-order valence-corrected chi connectivity index (χ1v) is 5.95. The van der Waals surface area contributed by atoms with Crippen LogP contribution in [0, 0.1) is 0 Å². The van der Waals surface area contributed by atoms with Gasteiger partial charge in [-0.15, -0.1) is 0 Å². The van der Waals surface area contributed by atoms with Gasteiger partial charge < -0.3 is 4.74 Å². The number of thiocarbonyl (C=S) groups is 1. The van der Waals surface area contributed by atoms with Crippen LogP contribution in [0.3, 0.4) is 0 Å². The molecule has 1 rings (SSSR count). The third kappa shape index (κ3) is 3.87. The number of aliphatic imine (C=N–C) groups is 1. The number of hydrogen-bond donors (Lipinski definition) is 0. The van der Waals surface area contributed by atoms with Crippen LogP contribution in [0.15, 0.2) is 26.6 Å². The maximum Gasteiger partial charge on any atom is 0.119 e. The molecule has 0 unspecified atom stereocenters. The van der Waals surface area contributed by atoms with E-state index in [0.717, 1.165) is 20.4 Å². The Hall–Kier alpha value is -0.480. The molecule has 0 amide bonds. The van der Waals surface area contributed by atoms with Gasteiger partial charge in [-0.3, -0.25) is 0 Å². The maximum atomic E-state index is 5.12. The quantitative estimate of drug-likeness (QED) is 0.591. The summed E-state index contributed by atoms with van der Waals surface area (Å²) in [4.78, 5) is 3.96. The van der Waals surface area contributed by atoms with Crippen molar-refractivity contribution < 1.29 is 4.74 Å². The van der Waals surface area contributed by atoms with Crippen LogP contribution < -0.4 is 4.74 Å². The van der Waals surface area contributed by atoms with Gasteiger partial charge in [0.15, 0.2) is 0 Å². The van der Waals surface area contributed by atoms with Gasteiger partial charge in [-0.1, -0.05) is 0 Å². The zero-order valence-electron chi connectivity index (χ0n) is 7.83. The molecule has 78 valence electrons. The Morgan fingerprint density at radius 1 is 1.53 bits per heavy atom. The Bertz CT molecular complexity index is 435. The van der Waals surface area contributed by atoms with E-state index in [2.05, 4.69) is 54.2 Å². The van der Waals surface area contributed by atoms with E-state index in [-0.39, 0.29) is 0 Å². The van der Waals surface area contributed by atoms with Gasteiger partial charge >= 0.3 is 0 Å². The molecule has 0 saturated carbocycles. The SMILES string of the molecule is COc1ccc(N=C=S)c(C=C(Br)Br)c1. The lowest BCUT2D eigenvalue weighted by Crippen LogP contribution is -1.83. The third-order valence-corrected chi connectivity index (χ3v) is 2.21. The summed E-state index contributed by atoms with van der Waals surface area (Å²) >= 11 is 11.2. The molecule has 0 heterocycles. The van der Waals surface area contributed by atoms with E-state index in [1.165, 1.54) is 0 Å². The molecular weight excluding hydrogens is 342 g/mol. The average molecular weight is 349 g/mol. The summed E-state index contributed by atoms with van der Waals surface area (Å²) in [6.07, 6.45) is 1.87. The van der Waals surface area contributed by atoms with Crippen molar-refractivity contribution in [2.75, 3.05) is 7.11 Å². The highest BCUT2D eigenvalue weighted by atomic mass is 79.9. The lowest BCUT2D eigenvalue weighted by atomic mass is 10.1. The van der Waals surface area contributed by atoms with Crippen molar-refractivity contribution in [3.63, 3.8) is 0 Å². The first-order valence-electron chi connectivity index (χ1n) is 3.96. The molecule has 1 aromatic carbocycles. The second-order valence-electron chi connectivity index (χ2n) is 2.56. The van der Waals surface area contributed by atoms with Crippen LogP contribution in [0.2, 0.25) is 0 Å². The van der Waals surface area contributed by atoms with Gasteiger partial charge in [-0.05, 0) is 68.4 Å². The minimum Gasteiger partial charge on any atom is -0.497 e. The van der Waals surface area contributed by atoms with Crippen LogP contribution in [0.25, 0.3) is 6.08 Å². The van der Waals surface area contributed by atoms with Crippen molar-refractivity contribution in [3.8, 4) is 5.75 Å². The molecular formula is C10H7Br2NOS. The molecule has 5 heteroatoms. The summed E-state index contributed by atoms with van der Waals surface area (Å²) < 4.78 is 5.94. The molecule has 0 fully saturated rings. The first-order chi connectivity index (χ1) is 7.17. The number of ether oxygens (including phenoxy) is 1. The van der Waals surface area contributed by atoms with E-state index < -0.39 is 0 Å². The Balaban J connectivity index is 3.28. The number of methoxy groups -OCH3 is 1. The molecule has 0 aliphatic carbocycles. The van der Waals surface area contributed by atoms with Gasteiger partial charge in [0, 0.05) is 5.56 Å². The fourth-order valence-corrected chi connectivity index (χ4v) is 1.64. The lowest BCUT2D eigenvalue weighted by Gasteiger charge is -2.03. The molecule has 0 radical (unpaired) electrons. The third-order valence-electron chi connectivity index (χ3n) is 1.67. The van der Waals surface area contributed by atoms with Crippen molar-refractivity contribution in [1.82, 2.24) is 0 Å². The Morgan fingerprint density at radius 3 is 2.80 bits per heavy atom. The van der Waals surface area contributed by atoms with Gasteiger partial charge in [0.05, 0.1) is 21.4 Å². The van der Waals surface area contributed by atoms with Crippen LogP contribution in [0.5, 0.6) is 5.75 Å². The van der Waals surface area contributed by atoms with E-state index in [1.54, 1.807) is 7.11 Å². The number of halogens is 2. The second kappa shape index (κ2) is 6.18. The Labute approximate surface area is 110 Å². The van der Waals surface area contributed by atoms with E-state index in [1.807, 2.05) is 24.3 Å². The van der Waals surface area contributed by atoms with E-state index >= 15 is 0 Å². The van der Waals surface area contributed by atoms with Crippen LogP contribution in [-0.2, 0) is 0 Å². The van der Waals surface area contributed by atoms with E-state index in [9.17, 15) is 0 Å². The molecule has 2 nitrogen and oxygen atoms in total. The number of nitrogens with zero attached hydrogens (tertiary/aromatic N) is 1. The smallest absolute Gasteiger partial charge is 0.119 e. The summed E-state index contributed by atoms with van der Waals surface area (Å²) in [5.41, 5.74) is 1.65. The largest absolute Gasteiger partial charge is 0.497 e. The normalized spacial score (nSPS) is 9.00. The highest BCUT2D eigenvalue weighted by Gasteiger charge is 2.01. The fraction of sp³-hybridized carbons (Fsp3) is 0.100. The van der Waals surface area contributed by atoms with E-state index in [0.29, 0.717) is 0 Å². The molecule has 0 atom stereocenters. The van der Waals surface area contributed by atoms with Crippen molar-refractivity contribution in [2.24, 2.45) is 4.99 Å². The molecule has 15 heavy (non-hydrogen) atoms. The zero-order valence-corrected chi connectivity index (χ0v) is 11.8. The van der Waals surface area contributed by atoms with Gasteiger partial charge in [0.25, 0.3) is 0 Å². The van der Waals surface area contributed by atoms with Crippen molar-refractivity contribution in [2.45, 2.75) is 0 Å². The molecule has 0 bridgehead atoms. The topological polar surface area (TPSA) is 21.6 Å². The summed E-state index contributed by atoms with van der Waals surface area (Å²) in [5, 5.41) is 2.34. The summed E-state index contributed by atoms with van der Waals surface area (Å²) in [6.45, 7) is 0. The minimum absolute atomic E-state index is 0.752. The number of benzene rings is 1. The molecule has 0 N–H and O–H groups in total. The monoisotopic (exact) mass is 347 g/mol. The van der Waals surface area contributed by atoms with E-state index in [4.69, 9.17) is 4.74 Å². The summed E-state index contributed by atoms with van der Waals surface area (Å²) in [5.74, 6) is 0.769. The molecule has 0 saturated heterocycles. The van der Waals surface area contributed by atoms with Gasteiger partial charge in [-0.25, -0.2) is 0 Å². The second-order valence-corrected chi connectivity index (χ2v) is 5.52. The summed E-state index contributed by atoms with van der Waals surface area (Å²) in [6, 6.07) is 5.52. The average Bonchev–Trinajstić information content (AvgIpc) is 2.20. The predicted octanol–water partition coefficient (Wildman–Crippen LogP) is 4.52. The van der Waals surface area contributed by atoms with Crippen molar-refractivity contribution in [3.05, 3.63) is 27.2 Å². The highest BCUT2D eigenvalue weighted by Crippen LogP contribution is 2.28. The molecule has 0 aliphatic rings. The zero-order chi connectivity index (χ0) is 11.3. The molecule has 0 aliphatic heterocycles. The van der Waals surface area contributed by atoms with Crippen LogP contribution in [0.4, 0.5) is 5.69 Å². The lowest BCUT2D eigenvalue weighted by molar-refractivity contribution is 0.415. The molecule has 1 aromatic rings. The standard InChI is InChI=1S/C10H7Br2NOS/c1-14-8-2-3-9(13-6-15)7(4-8)5-10(11)12/h2-5H,1H3. The highest BCUT2D eigenvalue weighted by molar-refractivity contribution is 9.28. The van der Waals surface area contributed by atoms with Crippen LogP contribution in [-0.4, -0.2) is 12.3 Å². The fourth-order valence-electron chi connectivity index (χ4n) is 1.04. The Kier molecular flexibility index (Phi) is 5.19. The van der Waals surface area contributed by atoms with Gasteiger partial charge in [-0.2, -0.15) is 4.99 Å². The first kappa shape index (κ1) is 12.6. The van der Waals surface area contributed by atoms with Crippen LogP contribution >= 0.6 is 44.1 Å². The number of hydrogen-bond acceptors (Lipinski definition) is 3. The summed E-state index contributed by atoms with van der Waals surface area (Å²) in [7, 11) is 1.62. The number of isothiocyanates is 1. The van der Waals surface area contributed by atoms with Crippen molar-refractivity contribution >= 4 is 61.0 Å². The van der Waals surface area contributed by atoms with Gasteiger partial charge in [0.2, 0.25) is 0 Å². The van der Waals surface area contributed by atoms with Gasteiger partial charge in [0.1, 0.15) is 5.75 Å². The maximum absolute atomic E-state index is 5.12. The molecule has 0 spiro atoms. The minimum atomic E-state index is 0.752. The number of rotatable bonds is 3. The van der Waals surface area contributed by atoms with Crippen molar-refractivity contribution in [1.29, 1.82) is 0 Å². The van der Waals surface area contributed by atoms with Crippen LogP contribution in [0.1, 0.15) is 5.56 Å². The molecule has 0 aromatic heterocycles.